The lowest BCUT2D eigenvalue weighted by atomic mass is 9.94. The minimum atomic E-state index is -0.116. The fourth-order valence-electron chi connectivity index (χ4n) is 2.15. The van der Waals surface area contributed by atoms with E-state index in [1.165, 1.54) is 11.1 Å². The van der Waals surface area contributed by atoms with Crippen molar-refractivity contribution >= 4 is 21.8 Å². The van der Waals surface area contributed by atoms with Crippen molar-refractivity contribution in [3.8, 4) is 0 Å². The van der Waals surface area contributed by atoms with Crippen LogP contribution in [-0.2, 0) is 11.2 Å². The number of benzene rings is 1. The van der Waals surface area contributed by atoms with Gasteiger partial charge in [-0.15, -0.1) is 0 Å². The largest absolute Gasteiger partial charge is 0.350 e. The molecule has 1 amide bonds. The topological polar surface area (TPSA) is 29.1 Å². The molecule has 0 aliphatic rings. The minimum Gasteiger partial charge on any atom is -0.350 e. The van der Waals surface area contributed by atoms with Gasteiger partial charge in [-0.25, -0.2) is 0 Å². The van der Waals surface area contributed by atoms with Crippen LogP contribution in [0.5, 0.6) is 0 Å². The number of halogens is 1. The molecule has 1 aromatic rings. The summed E-state index contributed by atoms with van der Waals surface area (Å²) >= 11 is 3.52. The summed E-state index contributed by atoms with van der Waals surface area (Å²) in [7, 11) is 0. The maximum Gasteiger partial charge on any atom is 0.224 e. The van der Waals surface area contributed by atoms with E-state index in [9.17, 15) is 4.79 Å². The van der Waals surface area contributed by atoms with Crippen LogP contribution in [0.15, 0.2) is 18.2 Å². The van der Waals surface area contributed by atoms with E-state index >= 15 is 0 Å². The third-order valence-electron chi connectivity index (χ3n) is 3.87. The molecule has 19 heavy (non-hydrogen) atoms. The molecular formula is C16H24BrNO. The third kappa shape index (κ3) is 4.34. The van der Waals surface area contributed by atoms with Crippen molar-refractivity contribution in [3.63, 3.8) is 0 Å². The summed E-state index contributed by atoms with van der Waals surface area (Å²) in [5.41, 5.74) is 3.38. The average Bonchev–Trinajstić information content (AvgIpc) is 2.40. The third-order valence-corrected chi connectivity index (χ3v) is 4.94. The van der Waals surface area contributed by atoms with Gasteiger partial charge in [0.25, 0.3) is 0 Å². The summed E-state index contributed by atoms with van der Waals surface area (Å²) in [6, 6.07) is 6.26. The molecule has 0 saturated heterocycles. The molecule has 1 aromatic carbocycles. The lowest BCUT2D eigenvalue weighted by Crippen LogP contribution is -2.49. The van der Waals surface area contributed by atoms with E-state index in [2.05, 4.69) is 67.1 Å². The van der Waals surface area contributed by atoms with Crippen LogP contribution in [0.4, 0.5) is 0 Å². The highest BCUT2D eigenvalue weighted by molar-refractivity contribution is 9.09. The monoisotopic (exact) mass is 325 g/mol. The van der Waals surface area contributed by atoms with Crippen molar-refractivity contribution < 1.29 is 4.79 Å². The van der Waals surface area contributed by atoms with Gasteiger partial charge in [0.05, 0.1) is 6.42 Å². The van der Waals surface area contributed by atoms with Crippen LogP contribution < -0.4 is 5.32 Å². The van der Waals surface area contributed by atoms with E-state index in [1.807, 2.05) is 0 Å². The van der Waals surface area contributed by atoms with E-state index in [0.29, 0.717) is 6.42 Å². The van der Waals surface area contributed by atoms with Gasteiger partial charge < -0.3 is 5.32 Å². The van der Waals surface area contributed by atoms with Gasteiger partial charge in [0.15, 0.2) is 0 Å². The highest BCUT2D eigenvalue weighted by Gasteiger charge is 2.26. The first kappa shape index (κ1) is 16.2. The molecule has 1 N–H and O–H groups in total. The van der Waals surface area contributed by atoms with Gasteiger partial charge in [0, 0.05) is 10.9 Å². The summed E-state index contributed by atoms with van der Waals surface area (Å²) in [6.07, 6.45) is 2.34. The fraction of sp³-hybridized carbons (Fsp3) is 0.562. The van der Waals surface area contributed by atoms with E-state index in [1.54, 1.807) is 0 Å². The van der Waals surface area contributed by atoms with Gasteiger partial charge in [0.1, 0.15) is 0 Å². The molecule has 0 aliphatic carbocycles. The first-order valence-corrected chi connectivity index (χ1v) is 8.01. The molecular weight excluding hydrogens is 302 g/mol. The predicted molar refractivity (Wildman–Crippen MR) is 84.9 cm³/mol. The first-order chi connectivity index (χ1) is 8.96. The molecule has 0 aromatic heterocycles. The van der Waals surface area contributed by atoms with Crippen LogP contribution >= 0.6 is 15.9 Å². The SMILES string of the molecule is CCC(CC)(CBr)NC(=O)Cc1cc(C)ccc1C. The highest BCUT2D eigenvalue weighted by Crippen LogP contribution is 2.19. The van der Waals surface area contributed by atoms with Crippen molar-refractivity contribution in [3.05, 3.63) is 34.9 Å². The van der Waals surface area contributed by atoms with Gasteiger partial charge >= 0.3 is 0 Å². The molecule has 0 aliphatic heterocycles. The van der Waals surface area contributed by atoms with Crippen molar-refractivity contribution in [2.24, 2.45) is 0 Å². The maximum atomic E-state index is 12.2. The molecule has 3 heteroatoms. The van der Waals surface area contributed by atoms with Crippen LogP contribution in [-0.4, -0.2) is 16.8 Å². The van der Waals surface area contributed by atoms with Gasteiger partial charge in [-0.05, 0) is 37.8 Å². The summed E-state index contributed by atoms with van der Waals surface area (Å²) < 4.78 is 0. The van der Waals surface area contributed by atoms with E-state index < -0.39 is 0 Å². The summed E-state index contributed by atoms with van der Waals surface area (Å²) in [5.74, 6) is 0.108. The molecule has 0 radical (unpaired) electrons. The Bertz CT molecular complexity index is 430. The molecule has 0 saturated carbocycles. The number of rotatable bonds is 6. The number of carbonyl (C=O) groups excluding carboxylic acids is 1. The fourth-order valence-corrected chi connectivity index (χ4v) is 3.09. The van der Waals surface area contributed by atoms with E-state index in [0.717, 1.165) is 23.7 Å². The molecule has 0 heterocycles. The Labute approximate surface area is 125 Å². The molecule has 2 nitrogen and oxygen atoms in total. The molecule has 0 fully saturated rings. The normalized spacial score (nSPS) is 11.4. The van der Waals surface area contributed by atoms with Gasteiger partial charge in [-0.1, -0.05) is 53.5 Å². The van der Waals surface area contributed by atoms with E-state index in [4.69, 9.17) is 0 Å². The highest BCUT2D eigenvalue weighted by atomic mass is 79.9. The lowest BCUT2D eigenvalue weighted by Gasteiger charge is -2.31. The second-order valence-electron chi connectivity index (χ2n) is 5.28. The number of alkyl halides is 1. The number of hydrogen-bond acceptors (Lipinski definition) is 1. The Morgan fingerprint density at radius 2 is 1.89 bits per heavy atom. The van der Waals surface area contributed by atoms with Crippen LogP contribution in [0.2, 0.25) is 0 Å². The van der Waals surface area contributed by atoms with Gasteiger partial charge in [-0.3, -0.25) is 4.79 Å². The predicted octanol–water partition coefficient (Wildman–Crippen LogP) is 3.92. The van der Waals surface area contributed by atoms with Crippen molar-refractivity contribution in [1.29, 1.82) is 0 Å². The Morgan fingerprint density at radius 3 is 2.42 bits per heavy atom. The second kappa shape index (κ2) is 7.09. The standard InChI is InChI=1S/C16H24BrNO/c1-5-16(6-2,11-17)18-15(19)10-14-9-12(3)7-8-13(14)4/h7-9H,5-6,10-11H2,1-4H3,(H,18,19). The van der Waals surface area contributed by atoms with Crippen molar-refractivity contribution in [2.45, 2.75) is 52.5 Å². The quantitative estimate of drug-likeness (QED) is 0.789. The number of aryl methyl sites for hydroxylation is 2. The molecule has 0 unspecified atom stereocenters. The van der Waals surface area contributed by atoms with Crippen LogP contribution in [0.1, 0.15) is 43.4 Å². The molecule has 0 bridgehead atoms. The number of hydrogen-bond donors (Lipinski definition) is 1. The van der Waals surface area contributed by atoms with Crippen LogP contribution in [0.3, 0.4) is 0 Å². The zero-order valence-electron chi connectivity index (χ0n) is 12.3. The minimum absolute atomic E-state index is 0.108. The lowest BCUT2D eigenvalue weighted by molar-refractivity contribution is -0.122. The molecule has 0 atom stereocenters. The number of nitrogens with one attached hydrogen (secondary N) is 1. The van der Waals surface area contributed by atoms with E-state index in [-0.39, 0.29) is 11.4 Å². The molecule has 106 valence electrons. The Kier molecular flexibility index (Phi) is 6.05. The first-order valence-electron chi connectivity index (χ1n) is 6.89. The summed E-state index contributed by atoms with van der Waals surface area (Å²) in [5, 5.41) is 3.99. The van der Waals surface area contributed by atoms with Gasteiger partial charge in [-0.2, -0.15) is 0 Å². The maximum absolute atomic E-state index is 12.2. The summed E-state index contributed by atoms with van der Waals surface area (Å²) in [4.78, 5) is 12.2. The summed E-state index contributed by atoms with van der Waals surface area (Å²) in [6.45, 7) is 8.34. The smallest absolute Gasteiger partial charge is 0.224 e. The number of amides is 1. The van der Waals surface area contributed by atoms with Crippen LogP contribution in [0.25, 0.3) is 0 Å². The second-order valence-corrected chi connectivity index (χ2v) is 5.84. The van der Waals surface area contributed by atoms with Crippen LogP contribution in [0, 0.1) is 13.8 Å². The molecule has 0 spiro atoms. The Hall–Kier alpha value is -0.830. The van der Waals surface area contributed by atoms with Crippen molar-refractivity contribution in [2.75, 3.05) is 5.33 Å². The van der Waals surface area contributed by atoms with Gasteiger partial charge in [0.2, 0.25) is 5.91 Å². The molecule has 1 rings (SSSR count). The number of carbonyl (C=O) groups is 1. The Balaban J connectivity index is 2.77. The average molecular weight is 326 g/mol. The zero-order valence-corrected chi connectivity index (χ0v) is 13.9. The Morgan fingerprint density at radius 1 is 1.26 bits per heavy atom. The van der Waals surface area contributed by atoms with Crippen molar-refractivity contribution in [1.82, 2.24) is 5.32 Å². The zero-order chi connectivity index (χ0) is 14.5.